The molecule has 1 saturated heterocycles. The molecule has 2 N–H and O–H groups in total. The van der Waals surface area contributed by atoms with E-state index in [0.29, 0.717) is 11.4 Å². The number of carbonyl (C=O) groups is 2. The third-order valence-electron chi connectivity index (χ3n) is 9.71. The number of benzene rings is 1. The van der Waals surface area contributed by atoms with E-state index in [0.717, 1.165) is 48.3 Å². The van der Waals surface area contributed by atoms with Crippen molar-refractivity contribution >= 4 is 35.8 Å². The van der Waals surface area contributed by atoms with Gasteiger partial charge in [-0.3, -0.25) is 14.3 Å². The van der Waals surface area contributed by atoms with Gasteiger partial charge in [-0.05, 0) is 114 Å². The normalized spacial score (nSPS) is 32.7. The number of halogens is 2. The quantitative estimate of drug-likeness (QED) is 0.471. The molecule has 218 valence electrons. The lowest BCUT2D eigenvalue weighted by Crippen LogP contribution is -2.62. The average molecular weight is 589 g/mol. The van der Waals surface area contributed by atoms with E-state index in [4.69, 9.17) is 16.7 Å². The van der Waals surface area contributed by atoms with Gasteiger partial charge < -0.3 is 15.5 Å². The first-order chi connectivity index (χ1) is 18.5. The summed E-state index contributed by atoms with van der Waals surface area (Å²) < 4.78 is 1.97. The van der Waals surface area contributed by atoms with Crippen LogP contribution in [0, 0.1) is 17.8 Å². The fourth-order valence-corrected chi connectivity index (χ4v) is 8.76. The van der Waals surface area contributed by atoms with Crippen LogP contribution in [-0.2, 0) is 15.1 Å². The third kappa shape index (κ3) is 5.41. The number of likely N-dealkylation sites (tertiary alicyclic amines) is 1. The van der Waals surface area contributed by atoms with Crippen LogP contribution in [0.3, 0.4) is 0 Å². The van der Waals surface area contributed by atoms with Gasteiger partial charge in [-0.2, -0.15) is 5.10 Å². The smallest absolute Gasteiger partial charge is 0.243 e. The molecular weight excluding hydrogens is 545 g/mol. The number of aromatic nitrogens is 2. The Balaban J connectivity index is 0.00000323. The van der Waals surface area contributed by atoms with Crippen molar-refractivity contribution in [3.63, 3.8) is 0 Å². The van der Waals surface area contributed by atoms with Crippen LogP contribution in [0.2, 0.25) is 5.02 Å². The number of carbonyl (C=O) groups excluding carboxylic acids is 2. The highest BCUT2D eigenvalue weighted by molar-refractivity contribution is 6.30. The Morgan fingerprint density at radius 1 is 1.05 bits per heavy atom. The van der Waals surface area contributed by atoms with Crippen molar-refractivity contribution in [2.24, 2.45) is 17.8 Å². The van der Waals surface area contributed by atoms with E-state index < -0.39 is 6.04 Å². The van der Waals surface area contributed by atoms with E-state index in [9.17, 15) is 9.59 Å². The molecule has 4 saturated carbocycles. The molecular formula is C31H43Cl2N5O2. The van der Waals surface area contributed by atoms with Gasteiger partial charge in [0.2, 0.25) is 11.8 Å². The van der Waals surface area contributed by atoms with Crippen molar-refractivity contribution in [3.05, 3.63) is 52.8 Å². The molecule has 5 aliphatic rings. The number of rotatable bonds is 6. The van der Waals surface area contributed by atoms with Gasteiger partial charge in [-0.1, -0.05) is 23.7 Å². The molecule has 9 heteroatoms. The van der Waals surface area contributed by atoms with Crippen LogP contribution in [0.1, 0.15) is 88.9 Å². The summed E-state index contributed by atoms with van der Waals surface area (Å²) in [5.74, 6) is 1.98. The number of nitrogens with zero attached hydrogens (tertiary/aromatic N) is 3. The van der Waals surface area contributed by atoms with Crippen molar-refractivity contribution in [2.45, 2.75) is 94.8 Å². The summed E-state index contributed by atoms with van der Waals surface area (Å²) in [6.07, 6.45) is 9.75. The van der Waals surface area contributed by atoms with Crippen LogP contribution < -0.4 is 10.6 Å². The second-order valence-electron chi connectivity index (χ2n) is 13.7. The lowest BCUT2D eigenvalue weighted by atomic mass is 9.53. The third-order valence-corrected chi connectivity index (χ3v) is 9.94. The van der Waals surface area contributed by atoms with Crippen molar-refractivity contribution in [1.82, 2.24) is 25.3 Å². The van der Waals surface area contributed by atoms with Gasteiger partial charge in [0.1, 0.15) is 6.04 Å². The molecule has 1 aromatic carbocycles. The van der Waals surface area contributed by atoms with Crippen LogP contribution >= 0.6 is 24.0 Å². The predicted molar refractivity (Wildman–Crippen MR) is 160 cm³/mol. The largest absolute Gasteiger partial charge is 0.349 e. The lowest BCUT2D eigenvalue weighted by molar-refractivity contribution is -0.142. The number of nitrogens with one attached hydrogen (secondary N) is 2. The van der Waals surface area contributed by atoms with Crippen molar-refractivity contribution in [2.75, 3.05) is 13.6 Å². The molecule has 1 aliphatic heterocycles. The molecule has 4 aliphatic carbocycles. The van der Waals surface area contributed by atoms with Gasteiger partial charge in [-0.25, -0.2) is 0 Å². The summed E-state index contributed by atoms with van der Waals surface area (Å²) in [6, 6.07) is 8.87. The molecule has 1 aromatic heterocycles. The van der Waals surface area contributed by atoms with Gasteiger partial charge in [0.05, 0.1) is 23.8 Å². The highest BCUT2D eigenvalue weighted by Gasteiger charge is 2.54. The van der Waals surface area contributed by atoms with Gasteiger partial charge in [-0.15, -0.1) is 12.4 Å². The standard InChI is InChI=1S/C31H42ClN5O2.ClH/c1-30(2,3)36-9-8-25(35-36)24-14-26(29(39)34-31-15-19-10-20(16-31)12-21(11-19)17-31)37(27(38)18-33-4)28(24)22-6-5-7-23(32)13-22;/h5-9,13,19-21,24,26,28,33H,10-12,14-18H2,1-4H3,(H,34,39);1H/t19?,20?,21?,24?,26-,28-,31?;/m0./s1. The first-order valence-corrected chi connectivity index (χ1v) is 15.0. The van der Waals surface area contributed by atoms with Gasteiger partial charge in [0, 0.05) is 22.7 Å². The maximum Gasteiger partial charge on any atom is 0.243 e. The highest BCUT2D eigenvalue weighted by Crippen LogP contribution is 2.56. The molecule has 4 bridgehead atoms. The molecule has 0 radical (unpaired) electrons. The predicted octanol–water partition coefficient (Wildman–Crippen LogP) is 5.44. The monoisotopic (exact) mass is 587 g/mol. The van der Waals surface area contributed by atoms with E-state index in [2.05, 4.69) is 31.4 Å². The van der Waals surface area contributed by atoms with Crippen LogP contribution in [0.15, 0.2) is 36.5 Å². The molecule has 3 atom stereocenters. The van der Waals surface area contributed by atoms with Crippen molar-refractivity contribution < 1.29 is 9.59 Å². The fraction of sp³-hybridized carbons (Fsp3) is 0.645. The maximum absolute atomic E-state index is 14.3. The molecule has 2 heterocycles. The van der Waals surface area contributed by atoms with Crippen LogP contribution in [0.25, 0.3) is 0 Å². The summed E-state index contributed by atoms with van der Waals surface area (Å²) in [4.78, 5) is 29.8. The minimum Gasteiger partial charge on any atom is -0.349 e. The highest BCUT2D eigenvalue weighted by atomic mass is 35.5. The van der Waals surface area contributed by atoms with Crippen LogP contribution in [-0.4, -0.2) is 51.7 Å². The average Bonchev–Trinajstić information content (AvgIpc) is 3.49. The Bertz CT molecular complexity index is 1220. The minimum atomic E-state index is -0.562. The summed E-state index contributed by atoms with van der Waals surface area (Å²) in [7, 11) is 1.77. The van der Waals surface area contributed by atoms with Crippen LogP contribution in [0.4, 0.5) is 0 Å². The van der Waals surface area contributed by atoms with Gasteiger partial charge >= 0.3 is 0 Å². The lowest BCUT2D eigenvalue weighted by Gasteiger charge is -2.57. The summed E-state index contributed by atoms with van der Waals surface area (Å²) in [6.45, 7) is 6.54. The minimum absolute atomic E-state index is 0. The Morgan fingerprint density at radius 2 is 1.70 bits per heavy atom. The molecule has 1 unspecified atom stereocenters. The van der Waals surface area contributed by atoms with Crippen molar-refractivity contribution in [3.8, 4) is 0 Å². The zero-order valence-electron chi connectivity index (χ0n) is 24.0. The Morgan fingerprint density at radius 3 is 2.25 bits per heavy atom. The number of amides is 2. The number of hydrogen-bond donors (Lipinski definition) is 2. The van der Waals surface area contributed by atoms with E-state index in [-0.39, 0.29) is 53.8 Å². The maximum atomic E-state index is 14.3. The second-order valence-corrected chi connectivity index (χ2v) is 14.2. The van der Waals surface area contributed by atoms with Crippen molar-refractivity contribution in [1.29, 1.82) is 0 Å². The topological polar surface area (TPSA) is 79.3 Å². The van der Waals surface area contributed by atoms with Gasteiger partial charge in [0.25, 0.3) is 0 Å². The zero-order valence-corrected chi connectivity index (χ0v) is 25.6. The number of likely N-dealkylation sites (N-methyl/N-ethyl adjacent to an activating group) is 1. The summed E-state index contributed by atoms with van der Waals surface area (Å²) in [5, 5.41) is 12.2. The van der Waals surface area contributed by atoms with E-state index in [1.54, 1.807) is 7.05 Å². The molecule has 7 rings (SSSR count). The van der Waals surface area contributed by atoms with E-state index in [1.165, 1.54) is 19.3 Å². The Hall–Kier alpha value is -2.09. The summed E-state index contributed by atoms with van der Waals surface area (Å²) in [5.41, 5.74) is 1.56. The first-order valence-electron chi connectivity index (χ1n) is 14.6. The SMILES string of the molecule is CNCC(=O)N1[C@H](C(=O)NC23CC4CC(CC(C4)C2)C3)CC(c2ccn(C(C)(C)C)n2)[C@@H]1c1cccc(Cl)c1.Cl. The zero-order chi connectivity index (χ0) is 27.5. The molecule has 0 spiro atoms. The second kappa shape index (κ2) is 11.0. The molecule has 40 heavy (non-hydrogen) atoms. The van der Waals surface area contributed by atoms with Crippen LogP contribution in [0.5, 0.6) is 0 Å². The fourth-order valence-electron chi connectivity index (χ4n) is 8.56. The van der Waals surface area contributed by atoms with E-state index in [1.807, 2.05) is 46.1 Å². The molecule has 7 nitrogen and oxygen atoms in total. The Labute approximate surface area is 249 Å². The number of hydrogen-bond acceptors (Lipinski definition) is 4. The molecule has 2 aromatic rings. The van der Waals surface area contributed by atoms with E-state index >= 15 is 0 Å². The molecule has 5 fully saturated rings. The van der Waals surface area contributed by atoms with Gasteiger partial charge in [0.15, 0.2) is 0 Å². The first kappa shape index (κ1) is 29.4. The summed E-state index contributed by atoms with van der Waals surface area (Å²) >= 11 is 6.46. The Kier molecular flexibility index (Phi) is 8.05. The molecule has 2 amide bonds.